The Kier molecular flexibility index (Phi) is 4.92. The molecule has 0 fully saturated rings. The molecule has 5 rings (SSSR count). The van der Waals surface area contributed by atoms with Crippen molar-refractivity contribution in [2.24, 2.45) is 0 Å². The number of nitrogens with zero attached hydrogens (tertiary/aromatic N) is 3. The van der Waals surface area contributed by atoms with Gasteiger partial charge in [-0.3, -0.25) is 0 Å². The van der Waals surface area contributed by atoms with Crippen LogP contribution in [0, 0.1) is 5.82 Å². The zero-order valence-electron chi connectivity index (χ0n) is 17.0. The van der Waals surface area contributed by atoms with E-state index in [1.165, 1.54) is 12.1 Å². The van der Waals surface area contributed by atoms with Crippen LogP contribution in [0.1, 0.15) is 5.56 Å². The van der Waals surface area contributed by atoms with Gasteiger partial charge in [0.2, 0.25) is 0 Å². The van der Waals surface area contributed by atoms with Gasteiger partial charge in [0, 0.05) is 23.9 Å². The number of hydrogen-bond acceptors (Lipinski definition) is 3. The van der Waals surface area contributed by atoms with Crippen LogP contribution in [0.5, 0.6) is 5.75 Å². The number of hydrogen-bond donors (Lipinski definition) is 0. The topological polar surface area (TPSA) is 39.9 Å². The van der Waals surface area contributed by atoms with E-state index in [4.69, 9.17) is 9.72 Å². The van der Waals surface area contributed by atoms with Crippen LogP contribution in [0.25, 0.3) is 33.7 Å². The van der Waals surface area contributed by atoms with Gasteiger partial charge in [-0.25, -0.2) is 14.4 Å². The van der Waals surface area contributed by atoms with Crippen LogP contribution in [0.3, 0.4) is 0 Å². The Balaban J connectivity index is 1.70. The molecule has 5 aromatic rings. The third-order valence-electron chi connectivity index (χ3n) is 5.29. The first-order valence-electron chi connectivity index (χ1n) is 10.0. The Bertz CT molecular complexity index is 1340. The van der Waals surface area contributed by atoms with E-state index in [0.717, 1.165) is 39.3 Å². The van der Waals surface area contributed by atoms with Gasteiger partial charge in [-0.05, 0) is 41.5 Å². The summed E-state index contributed by atoms with van der Waals surface area (Å²) in [6.45, 7) is 0.545. The predicted molar refractivity (Wildman–Crippen MR) is 120 cm³/mol. The van der Waals surface area contributed by atoms with Gasteiger partial charge in [0.05, 0.1) is 12.6 Å². The van der Waals surface area contributed by atoms with Crippen molar-refractivity contribution in [3.63, 3.8) is 0 Å². The molecule has 0 spiro atoms. The average Bonchev–Trinajstić information content (AvgIpc) is 3.18. The van der Waals surface area contributed by atoms with Crippen molar-refractivity contribution >= 4 is 11.2 Å². The molecule has 4 nitrogen and oxygen atoms in total. The molecule has 31 heavy (non-hydrogen) atoms. The van der Waals surface area contributed by atoms with E-state index >= 15 is 0 Å². The number of pyridine rings is 1. The molecular formula is C26H20FN3O. The lowest BCUT2D eigenvalue weighted by Crippen LogP contribution is -2.03. The van der Waals surface area contributed by atoms with Crippen LogP contribution in [-0.2, 0) is 6.54 Å². The summed E-state index contributed by atoms with van der Waals surface area (Å²) in [7, 11) is 1.65. The maximum atomic E-state index is 13.4. The molecule has 3 aromatic carbocycles. The number of aromatic nitrogens is 3. The highest BCUT2D eigenvalue weighted by molar-refractivity contribution is 5.82. The smallest absolute Gasteiger partial charge is 0.178 e. The molecule has 0 amide bonds. The monoisotopic (exact) mass is 409 g/mol. The molecule has 152 valence electrons. The predicted octanol–water partition coefficient (Wildman–Crippen LogP) is 5.96. The van der Waals surface area contributed by atoms with Gasteiger partial charge >= 0.3 is 0 Å². The van der Waals surface area contributed by atoms with Crippen molar-refractivity contribution < 1.29 is 9.13 Å². The lowest BCUT2D eigenvalue weighted by atomic mass is 10.1. The van der Waals surface area contributed by atoms with Crippen LogP contribution in [0.4, 0.5) is 4.39 Å². The van der Waals surface area contributed by atoms with E-state index in [1.807, 2.05) is 48.7 Å². The third-order valence-corrected chi connectivity index (χ3v) is 5.29. The first-order valence-corrected chi connectivity index (χ1v) is 10.0. The van der Waals surface area contributed by atoms with E-state index in [1.54, 1.807) is 19.2 Å². The fourth-order valence-corrected chi connectivity index (χ4v) is 3.71. The molecule has 5 heteroatoms. The molecule has 0 radical (unpaired) electrons. The molecule has 0 unspecified atom stereocenters. The molecule has 2 aromatic heterocycles. The Labute approximate surface area is 179 Å². The lowest BCUT2D eigenvalue weighted by molar-refractivity contribution is 0.415. The normalized spacial score (nSPS) is 11.0. The van der Waals surface area contributed by atoms with Crippen molar-refractivity contribution in [3.8, 4) is 28.3 Å². The van der Waals surface area contributed by atoms with Crippen molar-refractivity contribution in [2.45, 2.75) is 6.54 Å². The number of imidazole rings is 1. The largest absolute Gasteiger partial charge is 0.497 e. The van der Waals surface area contributed by atoms with Gasteiger partial charge in [0.15, 0.2) is 5.65 Å². The van der Waals surface area contributed by atoms with Crippen LogP contribution < -0.4 is 4.74 Å². The molecule has 0 aliphatic heterocycles. The highest BCUT2D eigenvalue weighted by Gasteiger charge is 2.16. The summed E-state index contributed by atoms with van der Waals surface area (Å²) in [4.78, 5) is 9.47. The van der Waals surface area contributed by atoms with Crippen molar-refractivity contribution in [3.05, 3.63) is 103 Å². The summed E-state index contributed by atoms with van der Waals surface area (Å²) in [6, 6.07) is 26.6. The minimum absolute atomic E-state index is 0.250. The molecule has 0 saturated carbocycles. The lowest BCUT2D eigenvalue weighted by Gasteiger charge is -2.11. The zero-order chi connectivity index (χ0) is 21.2. The number of methoxy groups -OCH3 is 1. The average molecular weight is 409 g/mol. The highest BCUT2D eigenvalue weighted by Crippen LogP contribution is 2.30. The Hall–Kier alpha value is -3.99. The molecule has 0 aliphatic carbocycles. The van der Waals surface area contributed by atoms with Gasteiger partial charge < -0.3 is 9.30 Å². The second-order valence-corrected chi connectivity index (χ2v) is 7.31. The highest BCUT2D eigenvalue weighted by atomic mass is 19.1. The molecule has 0 saturated heterocycles. The van der Waals surface area contributed by atoms with E-state index in [2.05, 4.69) is 27.8 Å². The summed E-state index contributed by atoms with van der Waals surface area (Å²) in [6.07, 6.45) is 1.85. The van der Waals surface area contributed by atoms with Crippen LogP contribution in [0.2, 0.25) is 0 Å². The van der Waals surface area contributed by atoms with E-state index in [-0.39, 0.29) is 5.82 Å². The minimum atomic E-state index is -0.250. The van der Waals surface area contributed by atoms with E-state index in [9.17, 15) is 4.39 Å². The Morgan fingerprint density at radius 2 is 1.61 bits per heavy atom. The summed E-state index contributed by atoms with van der Waals surface area (Å²) in [5.74, 6) is 1.30. The fourth-order valence-electron chi connectivity index (χ4n) is 3.71. The molecule has 2 heterocycles. The molecule has 0 N–H and O–H groups in total. The van der Waals surface area contributed by atoms with Gasteiger partial charge in [0.1, 0.15) is 17.4 Å². The summed E-state index contributed by atoms with van der Waals surface area (Å²) < 4.78 is 21.0. The Morgan fingerprint density at radius 3 is 2.39 bits per heavy atom. The van der Waals surface area contributed by atoms with Crippen molar-refractivity contribution in [1.82, 2.24) is 14.5 Å². The van der Waals surface area contributed by atoms with E-state index in [0.29, 0.717) is 12.2 Å². The first-order chi connectivity index (χ1) is 15.2. The molecule has 0 aliphatic rings. The molecule has 0 atom stereocenters. The maximum absolute atomic E-state index is 13.4. The zero-order valence-corrected chi connectivity index (χ0v) is 17.0. The van der Waals surface area contributed by atoms with E-state index < -0.39 is 0 Å². The van der Waals surface area contributed by atoms with Crippen LogP contribution in [-0.4, -0.2) is 21.6 Å². The SMILES string of the molecule is COc1cccc(-c2nc3ncc(-c4ccccc4)cc3n2Cc2ccc(F)cc2)c1. The molecular weight excluding hydrogens is 389 g/mol. The van der Waals surface area contributed by atoms with Gasteiger partial charge in [-0.2, -0.15) is 0 Å². The number of rotatable bonds is 5. The summed E-state index contributed by atoms with van der Waals surface area (Å²) in [5, 5.41) is 0. The minimum Gasteiger partial charge on any atom is -0.497 e. The Morgan fingerprint density at radius 1 is 0.839 bits per heavy atom. The molecule has 0 bridgehead atoms. The summed E-state index contributed by atoms with van der Waals surface area (Å²) in [5.41, 5.74) is 5.61. The van der Waals surface area contributed by atoms with Crippen molar-refractivity contribution in [1.29, 1.82) is 0 Å². The fraction of sp³-hybridized carbons (Fsp3) is 0.0769. The maximum Gasteiger partial charge on any atom is 0.178 e. The van der Waals surface area contributed by atoms with Crippen LogP contribution >= 0.6 is 0 Å². The standard InChI is InChI=1S/C26H20FN3O/c1-31-23-9-5-8-20(14-23)26-29-25-24(30(26)17-18-10-12-22(27)13-11-18)15-21(16-28-25)19-6-3-2-4-7-19/h2-16H,17H2,1H3. The van der Waals surface area contributed by atoms with Crippen LogP contribution in [0.15, 0.2) is 91.1 Å². The number of benzene rings is 3. The number of ether oxygens (including phenoxy) is 1. The second-order valence-electron chi connectivity index (χ2n) is 7.31. The van der Waals surface area contributed by atoms with Gasteiger partial charge in [-0.1, -0.05) is 54.6 Å². The number of fused-ring (bicyclic) bond motifs is 1. The summed E-state index contributed by atoms with van der Waals surface area (Å²) >= 11 is 0. The first kappa shape index (κ1) is 19.0. The number of halogens is 1. The van der Waals surface area contributed by atoms with Gasteiger partial charge in [0.25, 0.3) is 0 Å². The van der Waals surface area contributed by atoms with Gasteiger partial charge in [-0.15, -0.1) is 0 Å². The quantitative estimate of drug-likeness (QED) is 0.359. The third kappa shape index (κ3) is 3.78. The van der Waals surface area contributed by atoms with Crippen molar-refractivity contribution in [2.75, 3.05) is 7.11 Å². The second kappa shape index (κ2) is 8.03.